The van der Waals surface area contributed by atoms with Gasteiger partial charge in [-0.05, 0) is 31.4 Å². The van der Waals surface area contributed by atoms with Crippen LogP contribution >= 0.6 is 0 Å². The average Bonchev–Trinajstić information content (AvgIpc) is 2.54. The van der Waals surface area contributed by atoms with Crippen LogP contribution in [0.3, 0.4) is 0 Å². The van der Waals surface area contributed by atoms with Gasteiger partial charge in [-0.2, -0.15) is 0 Å². The summed E-state index contributed by atoms with van der Waals surface area (Å²) in [5, 5.41) is 15.2. The minimum absolute atomic E-state index is 0.0682. The third-order valence-electron chi connectivity index (χ3n) is 4.34. The number of ether oxygens (including phenoxy) is 1. The smallest absolute Gasteiger partial charge is 0.315 e. The van der Waals surface area contributed by atoms with E-state index in [0.717, 1.165) is 42.6 Å². The summed E-state index contributed by atoms with van der Waals surface area (Å²) in [6, 6.07) is 5.80. The first kappa shape index (κ1) is 16.6. The van der Waals surface area contributed by atoms with Crippen molar-refractivity contribution in [2.45, 2.75) is 45.2 Å². The number of urea groups is 1. The summed E-state index contributed by atoms with van der Waals surface area (Å²) in [5.74, 6) is 0.958. The molecule has 122 valence electrons. The summed E-state index contributed by atoms with van der Waals surface area (Å²) < 4.78 is 5.34. The van der Waals surface area contributed by atoms with Gasteiger partial charge in [0.2, 0.25) is 0 Å². The molecule has 0 heterocycles. The molecule has 2 atom stereocenters. The number of benzene rings is 1. The van der Waals surface area contributed by atoms with Gasteiger partial charge in [0.05, 0.1) is 7.11 Å². The topological polar surface area (TPSA) is 70.6 Å². The zero-order valence-electron chi connectivity index (χ0n) is 13.4. The number of carbonyl (C=O) groups is 1. The van der Waals surface area contributed by atoms with Gasteiger partial charge in [0.25, 0.3) is 0 Å². The molecule has 1 aromatic rings. The molecule has 0 bridgehead atoms. The van der Waals surface area contributed by atoms with Crippen molar-refractivity contribution >= 4 is 6.03 Å². The Morgan fingerprint density at radius 1 is 1.36 bits per heavy atom. The van der Waals surface area contributed by atoms with E-state index >= 15 is 0 Å². The number of nitrogens with one attached hydrogen (secondary N) is 2. The number of carbonyl (C=O) groups excluding carboxylic acids is 1. The van der Waals surface area contributed by atoms with Gasteiger partial charge in [-0.15, -0.1) is 0 Å². The molecular formula is C17H26N2O3. The molecule has 1 aliphatic carbocycles. The summed E-state index contributed by atoms with van der Waals surface area (Å²) in [7, 11) is 1.63. The highest BCUT2D eigenvalue weighted by Crippen LogP contribution is 2.24. The number of hydrogen-bond acceptors (Lipinski definition) is 3. The van der Waals surface area contributed by atoms with Crippen molar-refractivity contribution in [3.8, 4) is 5.75 Å². The van der Waals surface area contributed by atoms with E-state index in [0.29, 0.717) is 6.54 Å². The number of aliphatic hydroxyl groups is 1. The molecule has 5 heteroatoms. The van der Waals surface area contributed by atoms with Gasteiger partial charge in [0.15, 0.2) is 0 Å². The van der Waals surface area contributed by atoms with Crippen LogP contribution in [0.15, 0.2) is 18.2 Å². The van der Waals surface area contributed by atoms with Gasteiger partial charge in [0.1, 0.15) is 5.75 Å². The Morgan fingerprint density at radius 3 is 2.86 bits per heavy atom. The maximum Gasteiger partial charge on any atom is 0.315 e. The van der Waals surface area contributed by atoms with Crippen molar-refractivity contribution in [2.75, 3.05) is 13.7 Å². The highest BCUT2D eigenvalue weighted by molar-refractivity contribution is 5.74. The predicted molar refractivity (Wildman–Crippen MR) is 85.9 cm³/mol. The fraction of sp³-hybridized carbons (Fsp3) is 0.588. The summed E-state index contributed by atoms with van der Waals surface area (Å²) >= 11 is 0. The number of aliphatic hydroxyl groups excluding tert-OH is 1. The highest BCUT2D eigenvalue weighted by Gasteiger charge is 2.25. The Labute approximate surface area is 132 Å². The van der Waals surface area contributed by atoms with Gasteiger partial charge >= 0.3 is 6.03 Å². The molecule has 1 saturated carbocycles. The lowest BCUT2D eigenvalue weighted by molar-refractivity contribution is 0.153. The first-order valence-electron chi connectivity index (χ1n) is 7.92. The van der Waals surface area contributed by atoms with Crippen molar-refractivity contribution in [1.29, 1.82) is 0 Å². The molecule has 0 saturated heterocycles. The Morgan fingerprint density at radius 2 is 2.14 bits per heavy atom. The van der Waals surface area contributed by atoms with Crippen molar-refractivity contribution in [2.24, 2.45) is 5.92 Å². The lowest BCUT2D eigenvalue weighted by atomic mass is 9.85. The molecule has 22 heavy (non-hydrogen) atoms. The zero-order valence-corrected chi connectivity index (χ0v) is 13.4. The Kier molecular flexibility index (Phi) is 6.07. The van der Waals surface area contributed by atoms with Crippen molar-refractivity contribution in [3.05, 3.63) is 29.3 Å². The van der Waals surface area contributed by atoms with Crippen LogP contribution in [0.1, 0.15) is 36.8 Å². The monoisotopic (exact) mass is 306 g/mol. The van der Waals surface area contributed by atoms with E-state index in [4.69, 9.17) is 4.74 Å². The van der Waals surface area contributed by atoms with Gasteiger partial charge in [-0.3, -0.25) is 0 Å². The molecule has 2 rings (SSSR count). The fourth-order valence-corrected chi connectivity index (χ4v) is 3.01. The number of rotatable bonds is 5. The van der Waals surface area contributed by atoms with E-state index < -0.39 is 0 Å². The van der Waals surface area contributed by atoms with Gasteiger partial charge in [-0.1, -0.05) is 25.0 Å². The Balaban J connectivity index is 1.87. The SMILES string of the molecule is COc1cc(C)ccc1CNC(=O)NC1CCCCC1CO. The third kappa shape index (κ3) is 4.37. The second kappa shape index (κ2) is 8.03. The molecule has 0 aliphatic heterocycles. The molecule has 1 aliphatic rings. The summed E-state index contributed by atoms with van der Waals surface area (Å²) in [4.78, 5) is 12.1. The zero-order chi connectivity index (χ0) is 15.9. The minimum Gasteiger partial charge on any atom is -0.496 e. The van der Waals surface area contributed by atoms with E-state index in [1.807, 2.05) is 25.1 Å². The fourth-order valence-electron chi connectivity index (χ4n) is 3.01. The van der Waals surface area contributed by atoms with Crippen LogP contribution in [0, 0.1) is 12.8 Å². The Hall–Kier alpha value is -1.75. The van der Waals surface area contributed by atoms with Gasteiger partial charge in [0, 0.05) is 30.7 Å². The van der Waals surface area contributed by atoms with Crippen LogP contribution in [-0.2, 0) is 6.54 Å². The second-order valence-electron chi connectivity index (χ2n) is 5.98. The maximum atomic E-state index is 12.1. The van der Waals surface area contributed by atoms with E-state index in [1.165, 1.54) is 0 Å². The number of aryl methyl sites for hydroxylation is 1. The van der Waals surface area contributed by atoms with E-state index in [1.54, 1.807) is 7.11 Å². The second-order valence-corrected chi connectivity index (χ2v) is 5.98. The number of hydrogen-bond donors (Lipinski definition) is 3. The first-order valence-corrected chi connectivity index (χ1v) is 7.92. The molecule has 2 amide bonds. The van der Waals surface area contributed by atoms with E-state index in [2.05, 4.69) is 10.6 Å². The maximum absolute atomic E-state index is 12.1. The third-order valence-corrected chi connectivity index (χ3v) is 4.34. The quantitative estimate of drug-likeness (QED) is 0.782. The standard InChI is InChI=1S/C17H26N2O3/c1-12-7-8-13(16(9-12)22-2)10-18-17(21)19-15-6-4-3-5-14(15)11-20/h7-9,14-15,20H,3-6,10-11H2,1-2H3,(H2,18,19,21). The molecule has 1 aromatic carbocycles. The molecule has 2 unspecified atom stereocenters. The van der Waals surface area contributed by atoms with Crippen LogP contribution in [0.2, 0.25) is 0 Å². The normalized spacial score (nSPS) is 21.2. The largest absolute Gasteiger partial charge is 0.496 e. The molecule has 1 fully saturated rings. The van der Waals surface area contributed by atoms with Crippen LogP contribution in [0.4, 0.5) is 4.79 Å². The average molecular weight is 306 g/mol. The molecular weight excluding hydrogens is 280 g/mol. The van der Waals surface area contributed by atoms with E-state index in [9.17, 15) is 9.90 Å². The number of methoxy groups -OCH3 is 1. The van der Waals surface area contributed by atoms with Gasteiger partial charge in [-0.25, -0.2) is 4.79 Å². The first-order chi connectivity index (χ1) is 10.6. The lowest BCUT2D eigenvalue weighted by Gasteiger charge is -2.30. The summed E-state index contributed by atoms with van der Waals surface area (Å²) in [6.45, 7) is 2.56. The van der Waals surface area contributed by atoms with Crippen LogP contribution in [0.5, 0.6) is 5.75 Å². The van der Waals surface area contributed by atoms with Crippen LogP contribution in [-0.4, -0.2) is 30.9 Å². The molecule has 0 spiro atoms. The van der Waals surface area contributed by atoms with Crippen molar-refractivity contribution < 1.29 is 14.6 Å². The predicted octanol–water partition coefficient (Wildman–Crippen LogP) is 2.35. The minimum atomic E-state index is -0.187. The van der Waals surface area contributed by atoms with Crippen LogP contribution < -0.4 is 15.4 Å². The molecule has 5 nitrogen and oxygen atoms in total. The lowest BCUT2D eigenvalue weighted by Crippen LogP contribution is -2.47. The molecule has 0 radical (unpaired) electrons. The Bertz CT molecular complexity index is 505. The van der Waals surface area contributed by atoms with Crippen LogP contribution in [0.25, 0.3) is 0 Å². The van der Waals surface area contributed by atoms with E-state index in [-0.39, 0.29) is 24.6 Å². The van der Waals surface area contributed by atoms with Gasteiger partial charge < -0.3 is 20.5 Å². The molecule has 0 aromatic heterocycles. The number of amides is 2. The highest BCUT2D eigenvalue weighted by atomic mass is 16.5. The molecule has 3 N–H and O–H groups in total. The summed E-state index contributed by atoms with van der Waals surface area (Å²) in [6.07, 6.45) is 4.15. The van der Waals surface area contributed by atoms with Crippen molar-refractivity contribution in [1.82, 2.24) is 10.6 Å². The summed E-state index contributed by atoms with van der Waals surface area (Å²) in [5.41, 5.74) is 2.07. The van der Waals surface area contributed by atoms with Crippen molar-refractivity contribution in [3.63, 3.8) is 0 Å².